The van der Waals surface area contributed by atoms with Crippen LogP contribution < -0.4 is 10.2 Å². The third-order valence-electron chi connectivity index (χ3n) is 4.27. The molecule has 0 amide bonds. The van der Waals surface area contributed by atoms with Crippen LogP contribution in [-0.2, 0) is 6.54 Å². The zero-order valence-corrected chi connectivity index (χ0v) is 17.2. The maximum absolute atomic E-state index is 4.75. The fourth-order valence-electron chi connectivity index (χ4n) is 2.66. The van der Waals surface area contributed by atoms with Crippen LogP contribution in [0.15, 0.2) is 11.4 Å². The molecule has 0 aliphatic carbocycles. The second kappa shape index (κ2) is 11.7. The molecular formula is C19H36N4S. The third-order valence-corrected chi connectivity index (χ3v) is 4.83. The van der Waals surface area contributed by atoms with Crippen LogP contribution >= 0.6 is 11.8 Å². The first kappa shape index (κ1) is 21.2. The van der Waals surface area contributed by atoms with E-state index in [-0.39, 0.29) is 0 Å². The Kier molecular flexibility index (Phi) is 10.3. The van der Waals surface area contributed by atoms with E-state index in [9.17, 15) is 0 Å². The highest BCUT2D eigenvalue weighted by atomic mass is 32.2. The molecule has 5 heteroatoms. The molecule has 4 nitrogen and oxygen atoms in total. The molecule has 1 aromatic rings. The van der Waals surface area contributed by atoms with E-state index in [4.69, 9.17) is 4.98 Å². The van der Waals surface area contributed by atoms with Crippen molar-refractivity contribution in [2.24, 2.45) is 5.92 Å². The summed E-state index contributed by atoms with van der Waals surface area (Å²) >= 11 is 1.60. The normalized spacial score (nSPS) is 12.6. The number of nitrogens with one attached hydrogen (secondary N) is 1. The van der Waals surface area contributed by atoms with Gasteiger partial charge in [-0.1, -0.05) is 51.8 Å². The van der Waals surface area contributed by atoms with Gasteiger partial charge in [0.1, 0.15) is 5.82 Å². The van der Waals surface area contributed by atoms with Gasteiger partial charge in [-0.3, -0.25) is 0 Å². The van der Waals surface area contributed by atoms with Crippen molar-refractivity contribution in [3.63, 3.8) is 0 Å². The largest absolute Gasteiger partial charge is 0.359 e. The van der Waals surface area contributed by atoms with E-state index in [1.165, 1.54) is 37.7 Å². The lowest BCUT2D eigenvalue weighted by Crippen LogP contribution is -2.28. The standard InChI is InChI=1S/C19H36N4S/c1-7-8-12-23(5)18-17(14-21-19(22-18)24-6)13-20-16(4)11-9-10-15(2)3/h14-16,20H,7-13H2,1-6H3. The SMILES string of the molecule is CCCCN(C)c1nc(SC)ncc1CNC(C)CCCC(C)C. The van der Waals surface area contributed by atoms with E-state index < -0.39 is 0 Å². The molecule has 0 aliphatic heterocycles. The highest BCUT2D eigenvalue weighted by molar-refractivity contribution is 7.98. The molecule has 0 radical (unpaired) electrons. The highest BCUT2D eigenvalue weighted by Gasteiger charge is 2.12. The summed E-state index contributed by atoms with van der Waals surface area (Å²) in [5.41, 5.74) is 1.20. The minimum Gasteiger partial charge on any atom is -0.359 e. The van der Waals surface area contributed by atoms with Crippen molar-refractivity contribution >= 4 is 17.6 Å². The second-order valence-corrected chi connectivity index (χ2v) is 7.86. The summed E-state index contributed by atoms with van der Waals surface area (Å²) in [5, 5.41) is 4.50. The first-order valence-corrected chi connectivity index (χ1v) is 10.5. The minimum atomic E-state index is 0.526. The van der Waals surface area contributed by atoms with Crippen LogP contribution in [0.3, 0.4) is 0 Å². The Labute approximate surface area is 153 Å². The zero-order valence-electron chi connectivity index (χ0n) is 16.4. The van der Waals surface area contributed by atoms with E-state index in [1.807, 2.05) is 12.5 Å². The van der Waals surface area contributed by atoms with Gasteiger partial charge < -0.3 is 10.2 Å². The van der Waals surface area contributed by atoms with Crippen LogP contribution in [-0.4, -0.2) is 35.9 Å². The quantitative estimate of drug-likeness (QED) is 0.435. The molecule has 0 bridgehead atoms. The van der Waals surface area contributed by atoms with Gasteiger partial charge in [0.05, 0.1) is 0 Å². The maximum atomic E-state index is 4.75. The Morgan fingerprint density at radius 3 is 2.58 bits per heavy atom. The molecule has 0 spiro atoms. The van der Waals surface area contributed by atoms with Gasteiger partial charge in [-0.25, -0.2) is 9.97 Å². The molecule has 1 N–H and O–H groups in total. The summed E-state index contributed by atoms with van der Waals surface area (Å²) in [7, 11) is 2.14. The van der Waals surface area contributed by atoms with Gasteiger partial charge >= 0.3 is 0 Å². The van der Waals surface area contributed by atoms with E-state index in [0.717, 1.165) is 30.0 Å². The summed E-state index contributed by atoms with van der Waals surface area (Å²) in [6.45, 7) is 11.0. The van der Waals surface area contributed by atoms with Crippen LogP contribution in [0.1, 0.15) is 65.4 Å². The molecule has 24 heavy (non-hydrogen) atoms. The van der Waals surface area contributed by atoms with Gasteiger partial charge in [0.25, 0.3) is 0 Å². The van der Waals surface area contributed by atoms with Gasteiger partial charge in [-0.05, 0) is 31.9 Å². The predicted octanol–water partition coefficient (Wildman–Crippen LogP) is 4.74. The van der Waals surface area contributed by atoms with Crippen molar-refractivity contribution in [1.29, 1.82) is 0 Å². The number of unbranched alkanes of at least 4 members (excludes halogenated alkanes) is 1. The lowest BCUT2D eigenvalue weighted by molar-refractivity contribution is 0.456. The molecule has 0 saturated carbocycles. The number of rotatable bonds is 12. The Morgan fingerprint density at radius 2 is 1.96 bits per heavy atom. The van der Waals surface area contributed by atoms with Gasteiger partial charge in [-0.2, -0.15) is 0 Å². The van der Waals surface area contributed by atoms with Crippen LogP contribution in [0, 0.1) is 5.92 Å². The van der Waals surface area contributed by atoms with Gasteiger partial charge in [0.2, 0.25) is 0 Å². The third kappa shape index (κ3) is 7.84. The van der Waals surface area contributed by atoms with Crippen LogP contribution in [0.2, 0.25) is 0 Å². The lowest BCUT2D eigenvalue weighted by atomic mass is 10.0. The molecule has 1 rings (SSSR count). The van der Waals surface area contributed by atoms with Crippen molar-refractivity contribution in [1.82, 2.24) is 15.3 Å². The molecule has 1 atom stereocenters. The van der Waals surface area contributed by atoms with Gasteiger partial charge in [0, 0.05) is 37.9 Å². The molecule has 138 valence electrons. The Bertz CT molecular complexity index is 465. The maximum Gasteiger partial charge on any atom is 0.189 e. The number of anilines is 1. The summed E-state index contributed by atoms with van der Waals surface area (Å²) < 4.78 is 0. The van der Waals surface area contributed by atoms with Crippen molar-refractivity contribution in [3.05, 3.63) is 11.8 Å². The first-order chi connectivity index (χ1) is 11.5. The molecule has 1 unspecified atom stereocenters. The average Bonchev–Trinajstić information content (AvgIpc) is 2.57. The minimum absolute atomic E-state index is 0.526. The number of hydrogen-bond donors (Lipinski definition) is 1. The van der Waals surface area contributed by atoms with Crippen LogP contribution in [0.4, 0.5) is 5.82 Å². The summed E-state index contributed by atoms with van der Waals surface area (Å²) in [6, 6.07) is 0.526. The van der Waals surface area contributed by atoms with Gasteiger partial charge in [-0.15, -0.1) is 0 Å². The molecule has 0 fully saturated rings. The fourth-order valence-corrected chi connectivity index (χ4v) is 2.99. The van der Waals surface area contributed by atoms with E-state index in [0.29, 0.717) is 6.04 Å². The summed E-state index contributed by atoms with van der Waals surface area (Å²) in [4.78, 5) is 11.5. The van der Waals surface area contributed by atoms with Gasteiger partial charge in [0.15, 0.2) is 5.16 Å². The summed E-state index contributed by atoms with van der Waals surface area (Å²) in [5.74, 6) is 1.87. The Balaban J connectivity index is 2.65. The fraction of sp³-hybridized carbons (Fsp3) is 0.789. The monoisotopic (exact) mass is 352 g/mol. The molecule has 0 saturated heterocycles. The van der Waals surface area contributed by atoms with Crippen LogP contribution in [0.25, 0.3) is 0 Å². The Morgan fingerprint density at radius 1 is 1.21 bits per heavy atom. The summed E-state index contributed by atoms with van der Waals surface area (Å²) in [6.07, 6.45) is 10.2. The first-order valence-electron chi connectivity index (χ1n) is 9.32. The number of thioether (sulfide) groups is 1. The number of nitrogens with zero attached hydrogens (tertiary/aromatic N) is 3. The highest BCUT2D eigenvalue weighted by Crippen LogP contribution is 2.20. The molecule has 1 aromatic heterocycles. The van der Waals surface area contributed by atoms with Crippen molar-refractivity contribution in [3.8, 4) is 0 Å². The Hall–Kier alpha value is -0.810. The molecule has 0 aliphatic rings. The van der Waals surface area contributed by atoms with E-state index in [2.05, 4.69) is 49.9 Å². The average molecular weight is 353 g/mol. The number of hydrogen-bond acceptors (Lipinski definition) is 5. The van der Waals surface area contributed by atoms with Crippen LogP contribution in [0.5, 0.6) is 0 Å². The molecule has 1 heterocycles. The van der Waals surface area contributed by atoms with Crippen molar-refractivity contribution in [2.75, 3.05) is 24.7 Å². The van der Waals surface area contributed by atoms with Crippen molar-refractivity contribution in [2.45, 2.75) is 77.5 Å². The van der Waals surface area contributed by atoms with Crippen molar-refractivity contribution < 1.29 is 0 Å². The smallest absolute Gasteiger partial charge is 0.189 e. The second-order valence-electron chi connectivity index (χ2n) is 7.09. The number of aromatic nitrogens is 2. The topological polar surface area (TPSA) is 41.1 Å². The lowest BCUT2D eigenvalue weighted by Gasteiger charge is -2.22. The predicted molar refractivity (Wildman–Crippen MR) is 107 cm³/mol. The molecule has 0 aromatic carbocycles. The molecular weight excluding hydrogens is 316 g/mol. The van der Waals surface area contributed by atoms with E-state index >= 15 is 0 Å². The zero-order chi connectivity index (χ0) is 17.9. The van der Waals surface area contributed by atoms with E-state index in [1.54, 1.807) is 11.8 Å².